The maximum absolute atomic E-state index is 13.0. The molecule has 2 aliphatic rings. The summed E-state index contributed by atoms with van der Waals surface area (Å²) in [6.45, 7) is 0.886. The van der Waals surface area contributed by atoms with Gasteiger partial charge in [-0.05, 0) is 46.8 Å². The van der Waals surface area contributed by atoms with Gasteiger partial charge in [-0.1, -0.05) is 12.1 Å². The Kier molecular flexibility index (Phi) is 4.59. The standard InChI is InChI=1S/C23H18N2O4S/c26-21(15-5-6-18-14(11-15)7-9-29-18)19-20(16-3-1-8-24-12-16)25(23(28)22(19)27)13-17-4-2-10-30-17/h1-6,8,10-12,20,26H,7,9,13H2/b21-19-. The number of hydrogen-bond acceptors (Lipinski definition) is 6. The number of aromatic nitrogens is 1. The van der Waals surface area contributed by atoms with E-state index < -0.39 is 17.7 Å². The van der Waals surface area contributed by atoms with E-state index in [1.54, 1.807) is 30.6 Å². The molecule has 4 heterocycles. The summed E-state index contributed by atoms with van der Waals surface area (Å²) in [7, 11) is 0. The molecule has 6 nitrogen and oxygen atoms in total. The third-order valence-electron chi connectivity index (χ3n) is 5.41. The molecule has 1 atom stereocenters. The largest absolute Gasteiger partial charge is 0.507 e. The van der Waals surface area contributed by atoms with Crippen molar-refractivity contribution in [2.45, 2.75) is 19.0 Å². The van der Waals surface area contributed by atoms with Crippen LogP contribution in [0, 0.1) is 0 Å². The fourth-order valence-electron chi connectivity index (χ4n) is 3.99. The van der Waals surface area contributed by atoms with Crippen molar-refractivity contribution < 1.29 is 19.4 Å². The van der Waals surface area contributed by atoms with Gasteiger partial charge in [0.25, 0.3) is 11.7 Å². The zero-order valence-electron chi connectivity index (χ0n) is 15.9. The van der Waals surface area contributed by atoms with E-state index in [0.29, 0.717) is 17.7 Å². The molecule has 5 rings (SSSR count). The Labute approximate surface area is 177 Å². The molecule has 2 aromatic heterocycles. The molecule has 1 aromatic carbocycles. The third-order valence-corrected chi connectivity index (χ3v) is 6.27. The summed E-state index contributed by atoms with van der Waals surface area (Å²) >= 11 is 1.52. The number of rotatable bonds is 4. The number of Topliss-reactive ketones (excluding diaryl/α,β-unsaturated/α-hetero) is 1. The number of likely N-dealkylation sites (tertiary alicyclic amines) is 1. The number of thiophene rings is 1. The van der Waals surface area contributed by atoms with E-state index in [-0.39, 0.29) is 17.9 Å². The number of carbonyl (C=O) groups is 2. The predicted molar refractivity (Wildman–Crippen MR) is 112 cm³/mol. The second kappa shape index (κ2) is 7.42. The molecule has 0 saturated carbocycles. The predicted octanol–water partition coefficient (Wildman–Crippen LogP) is 3.70. The van der Waals surface area contributed by atoms with Gasteiger partial charge in [-0.25, -0.2) is 0 Å². The van der Waals surface area contributed by atoms with E-state index in [9.17, 15) is 14.7 Å². The number of aliphatic hydroxyl groups excluding tert-OH is 1. The van der Waals surface area contributed by atoms with E-state index in [1.807, 2.05) is 29.6 Å². The van der Waals surface area contributed by atoms with Crippen molar-refractivity contribution in [3.63, 3.8) is 0 Å². The molecule has 1 saturated heterocycles. The van der Waals surface area contributed by atoms with Crippen molar-refractivity contribution in [1.82, 2.24) is 9.88 Å². The molecule has 2 aliphatic heterocycles. The van der Waals surface area contributed by atoms with Crippen LogP contribution in [0.15, 0.2) is 65.8 Å². The summed E-state index contributed by atoms with van der Waals surface area (Å²) in [4.78, 5) is 32.6. The van der Waals surface area contributed by atoms with Crippen LogP contribution in [0.25, 0.3) is 5.76 Å². The van der Waals surface area contributed by atoms with Crippen LogP contribution in [0.4, 0.5) is 0 Å². The summed E-state index contributed by atoms with van der Waals surface area (Å²) in [5.74, 6) is -0.697. The van der Waals surface area contributed by atoms with Crippen LogP contribution >= 0.6 is 11.3 Å². The normalized spacial score (nSPS) is 19.7. The lowest BCUT2D eigenvalue weighted by molar-refractivity contribution is -0.140. The summed E-state index contributed by atoms with van der Waals surface area (Å²) in [5, 5.41) is 13.1. The smallest absolute Gasteiger partial charge is 0.295 e. The van der Waals surface area contributed by atoms with Crippen molar-refractivity contribution in [1.29, 1.82) is 0 Å². The molecule has 3 aromatic rings. The van der Waals surface area contributed by atoms with Crippen LogP contribution in [0.2, 0.25) is 0 Å². The quantitative estimate of drug-likeness (QED) is 0.397. The molecule has 0 aliphatic carbocycles. The van der Waals surface area contributed by atoms with Crippen LogP contribution in [-0.2, 0) is 22.6 Å². The van der Waals surface area contributed by atoms with Crippen LogP contribution in [0.3, 0.4) is 0 Å². The lowest BCUT2D eigenvalue weighted by atomic mass is 9.95. The van der Waals surface area contributed by atoms with E-state index in [4.69, 9.17) is 4.74 Å². The molecule has 1 unspecified atom stereocenters. The second-order valence-corrected chi connectivity index (χ2v) is 8.25. The topological polar surface area (TPSA) is 79.7 Å². The Morgan fingerprint density at radius 1 is 1.23 bits per heavy atom. The number of amides is 1. The molecule has 1 amide bonds. The van der Waals surface area contributed by atoms with Crippen molar-refractivity contribution in [3.05, 3.63) is 87.4 Å². The zero-order valence-corrected chi connectivity index (χ0v) is 16.8. The van der Waals surface area contributed by atoms with Gasteiger partial charge in [-0.15, -0.1) is 11.3 Å². The highest BCUT2D eigenvalue weighted by atomic mass is 32.1. The van der Waals surface area contributed by atoms with E-state index in [2.05, 4.69) is 4.98 Å². The fourth-order valence-corrected chi connectivity index (χ4v) is 4.69. The Bertz CT molecular complexity index is 1160. The highest BCUT2D eigenvalue weighted by molar-refractivity contribution is 7.09. The van der Waals surface area contributed by atoms with Gasteiger partial charge in [-0.3, -0.25) is 14.6 Å². The van der Waals surface area contributed by atoms with E-state index in [1.165, 1.54) is 16.2 Å². The lowest BCUT2D eigenvalue weighted by Crippen LogP contribution is -2.28. The van der Waals surface area contributed by atoms with E-state index in [0.717, 1.165) is 22.6 Å². The number of carbonyl (C=O) groups excluding carboxylic acids is 2. The molecule has 1 N–H and O–H groups in total. The molecule has 1 fully saturated rings. The minimum absolute atomic E-state index is 0.0865. The van der Waals surface area contributed by atoms with Gasteiger partial charge >= 0.3 is 0 Å². The molecule has 0 radical (unpaired) electrons. The second-order valence-electron chi connectivity index (χ2n) is 7.21. The molecular formula is C23H18N2O4S. The van der Waals surface area contributed by atoms with Crippen molar-refractivity contribution in [2.24, 2.45) is 0 Å². The number of hydrogen-bond donors (Lipinski definition) is 1. The molecule has 0 bridgehead atoms. The van der Waals surface area contributed by atoms with Crippen molar-refractivity contribution in [2.75, 3.05) is 6.61 Å². The van der Waals surface area contributed by atoms with Crippen molar-refractivity contribution in [3.8, 4) is 5.75 Å². The highest BCUT2D eigenvalue weighted by Crippen LogP contribution is 2.41. The average Bonchev–Trinajstić information content (AvgIpc) is 3.50. The first-order valence-electron chi connectivity index (χ1n) is 9.60. The number of benzene rings is 1. The van der Waals surface area contributed by atoms with Crippen LogP contribution in [0.5, 0.6) is 5.75 Å². The Balaban J connectivity index is 1.64. The number of aliphatic hydroxyl groups is 1. The zero-order chi connectivity index (χ0) is 20.7. The maximum atomic E-state index is 13.0. The number of ketones is 1. The summed E-state index contributed by atoms with van der Waals surface area (Å²) in [5.41, 5.74) is 2.25. The highest BCUT2D eigenvalue weighted by Gasteiger charge is 2.46. The SMILES string of the molecule is O=C1C(=O)N(Cc2cccs2)C(c2cccnc2)/C1=C(/O)c1ccc2c(c1)CCO2. The molecule has 150 valence electrons. The first-order valence-corrected chi connectivity index (χ1v) is 10.5. The molecule has 30 heavy (non-hydrogen) atoms. The maximum Gasteiger partial charge on any atom is 0.295 e. The van der Waals surface area contributed by atoms with Crippen molar-refractivity contribution >= 4 is 28.8 Å². The first kappa shape index (κ1) is 18.6. The lowest BCUT2D eigenvalue weighted by Gasteiger charge is -2.24. The fraction of sp³-hybridized carbons (Fsp3) is 0.174. The van der Waals surface area contributed by atoms with Gasteiger partial charge in [0.1, 0.15) is 11.5 Å². The van der Waals surface area contributed by atoms with Gasteiger partial charge in [0.05, 0.1) is 24.8 Å². The molecular weight excluding hydrogens is 400 g/mol. The average molecular weight is 418 g/mol. The summed E-state index contributed by atoms with van der Waals surface area (Å²) in [6.07, 6.45) is 4.01. The monoisotopic (exact) mass is 418 g/mol. The van der Waals surface area contributed by atoms with E-state index >= 15 is 0 Å². The first-order chi connectivity index (χ1) is 14.6. The van der Waals surface area contributed by atoms with Gasteiger partial charge in [0, 0.05) is 29.3 Å². The Morgan fingerprint density at radius 2 is 2.13 bits per heavy atom. The van der Waals surface area contributed by atoms with Gasteiger partial charge in [-0.2, -0.15) is 0 Å². The number of pyridine rings is 1. The van der Waals surface area contributed by atoms with Gasteiger partial charge in [0.15, 0.2) is 0 Å². The van der Waals surface area contributed by atoms with Crippen LogP contribution < -0.4 is 4.74 Å². The number of nitrogens with zero attached hydrogens (tertiary/aromatic N) is 2. The van der Waals surface area contributed by atoms with Crippen LogP contribution in [0.1, 0.15) is 27.6 Å². The Hall–Kier alpha value is -3.45. The van der Waals surface area contributed by atoms with Gasteiger partial charge in [0.2, 0.25) is 0 Å². The minimum Gasteiger partial charge on any atom is -0.507 e. The minimum atomic E-state index is -0.703. The Morgan fingerprint density at radius 3 is 2.90 bits per heavy atom. The third kappa shape index (κ3) is 3.07. The molecule has 0 spiro atoms. The van der Waals surface area contributed by atoms with Gasteiger partial charge < -0.3 is 14.7 Å². The summed E-state index contributed by atoms with van der Waals surface area (Å²) in [6, 6.07) is 12.0. The van der Waals surface area contributed by atoms with Crippen LogP contribution in [-0.4, -0.2) is 33.3 Å². The molecule has 7 heteroatoms. The number of fused-ring (bicyclic) bond motifs is 1. The summed E-state index contributed by atoms with van der Waals surface area (Å²) < 4.78 is 5.53. The number of ether oxygens (including phenoxy) is 1.